The van der Waals surface area contributed by atoms with E-state index < -0.39 is 0 Å². The molecule has 0 bridgehead atoms. The highest BCUT2D eigenvalue weighted by Gasteiger charge is 2.13. The van der Waals surface area contributed by atoms with E-state index >= 15 is 0 Å². The number of hydrogen-bond donors (Lipinski definition) is 3. The Labute approximate surface area is 110 Å². The van der Waals surface area contributed by atoms with Crippen LogP contribution in [0.15, 0.2) is 28.9 Å². The van der Waals surface area contributed by atoms with Crippen LogP contribution in [0.25, 0.3) is 0 Å². The molecule has 0 aliphatic carbocycles. The van der Waals surface area contributed by atoms with Gasteiger partial charge in [-0.25, -0.2) is 0 Å². The predicted molar refractivity (Wildman–Crippen MR) is 70.1 cm³/mol. The van der Waals surface area contributed by atoms with Gasteiger partial charge in [0.05, 0.1) is 16.9 Å². The summed E-state index contributed by atoms with van der Waals surface area (Å²) in [5.41, 5.74) is 6.33. The van der Waals surface area contributed by atoms with Gasteiger partial charge in [-0.05, 0) is 18.2 Å². The lowest BCUT2D eigenvalue weighted by molar-refractivity contribution is 0.102. The smallest absolute Gasteiger partial charge is 0.261 e. The van der Waals surface area contributed by atoms with Crippen molar-refractivity contribution in [2.24, 2.45) is 0 Å². The van der Waals surface area contributed by atoms with Crippen LogP contribution in [-0.4, -0.2) is 16.1 Å². The Morgan fingerprint density at radius 2 is 2.29 bits per heavy atom. The molecule has 2 rings (SSSR count). The molecule has 0 radical (unpaired) electrons. The van der Waals surface area contributed by atoms with Gasteiger partial charge >= 0.3 is 0 Å². The van der Waals surface area contributed by atoms with Crippen molar-refractivity contribution in [1.82, 2.24) is 10.2 Å². The highest BCUT2D eigenvalue weighted by molar-refractivity contribution is 9.10. The maximum absolute atomic E-state index is 11.8. The van der Waals surface area contributed by atoms with Crippen molar-refractivity contribution in [2.45, 2.75) is 0 Å². The number of rotatable bonds is 2. The van der Waals surface area contributed by atoms with Gasteiger partial charge in [-0.15, -0.1) is 0 Å². The SMILES string of the molecule is Nc1[nH]ncc1C(=O)Nc1ccc(Br)cc1Cl. The fourth-order valence-corrected chi connectivity index (χ4v) is 1.98. The molecule has 1 aromatic carbocycles. The van der Waals surface area contributed by atoms with Crippen molar-refractivity contribution >= 4 is 44.9 Å². The largest absolute Gasteiger partial charge is 0.383 e. The molecule has 0 spiro atoms. The summed E-state index contributed by atoms with van der Waals surface area (Å²) in [5, 5.41) is 9.24. The van der Waals surface area contributed by atoms with Crippen LogP contribution in [0.4, 0.5) is 11.5 Å². The number of anilines is 2. The minimum absolute atomic E-state index is 0.218. The van der Waals surface area contributed by atoms with Crippen molar-refractivity contribution < 1.29 is 4.79 Å². The molecule has 4 N–H and O–H groups in total. The molecule has 0 saturated carbocycles. The van der Waals surface area contributed by atoms with E-state index in [1.54, 1.807) is 18.2 Å². The average Bonchev–Trinajstić information content (AvgIpc) is 2.68. The Bertz CT molecular complexity index is 569. The third-order valence-electron chi connectivity index (χ3n) is 2.09. The van der Waals surface area contributed by atoms with Crippen LogP contribution >= 0.6 is 27.5 Å². The van der Waals surface area contributed by atoms with E-state index in [1.807, 2.05) is 0 Å². The van der Waals surface area contributed by atoms with Crippen molar-refractivity contribution in [3.8, 4) is 0 Å². The molecule has 17 heavy (non-hydrogen) atoms. The highest BCUT2D eigenvalue weighted by Crippen LogP contribution is 2.26. The number of H-pyrrole nitrogens is 1. The van der Waals surface area contributed by atoms with E-state index in [9.17, 15) is 4.79 Å². The van der Waals surface area contributed by atoms with Crippen LogP contribution < -0.4 is 11.1 Å². The maximum atomic E-state index is 11.8. The van der Waals surface area contributed by atoms with Gasteiger partial charge in [0, 0.05) is 4.47 Å². The molecule has 0 unspecified atom stereocenters. The van der Waals surface area contributed by atoms with Gasteiger partial charge in [0.1, 0.15) is 11.4 Å². The maximum Gasteiger partial charge on any atom is 0.261 e. The number of carbonyl (C=O) groups excluding carboxylic acids is 1. The van der Waals surface area contributed by atoms with Gasteiger partial charge < -0.3 is 11.1 Å². The van der Waals surface area contributed by atoms with Gasteiger partial charge in [-0.2, -0.15) is 5.10 Å². The Hall–Kier alpha value is -1.53. The molecule has 7 heteroatoms. The zero-order chi connectivity index (χ0) is 12.4. The third-order valence-corrected chi connectivity index (χ3v) is 2.90. The number of nitrogens with two attached hydrogens (primary N) is 1. The Balaban J connectivity index is 2.22. The second-order valence-corrected chi connectivity index (χ2v) is 4.60. The predicted octanol–water partition coefficient (Wildman–Crippen LogP) is 2.66. The first-order valence-electron chi connectivity index (χ1n) is 4.63. The van der Waals surface area contributed by atoms with Crippen molar-refractivity contribution in [1.29, 1.82) is 0 Å². The van der Waals surface area contributed by atoms with E-state index in [1.165, 1.54) is 6.20 Å². The molecule has 0 aliphatic heterocycles. The van der Waals surface area contributed by atoms with Gasteiger partial charge in [0.25, 0.3) is 5.91 Å². The van der Waals surface area contributed by atoms with Gasteiger partial charge in [0.15, 0.2) is 0 Å². The number of amides is 1. The standard InChI is InChI=1S/C10H8BrClN4O/c11-5-1-2-8(7(12)3-5)15-10(17)6-4-14-16-9(6)13/h1-4H,(H,15,17)(H3,13,14,16). The Morgan fingerprint density at radius 1 is 1.53 bits per heavy atom. The van der Waals surface area contributed by atoms with Crippen LogP contribution in [0, 0.1) is 0 Å². The van der Waals surface area contributed by atoms with Gasteiger partial charge in [-0.1, -0.05) is 27.5 Å². The molecular formula is C10H8BrClN4O. The molecule has 88 valence electrons. The number of nitrogens with zero attached hydrogens (tertiary/aromatic N) is 1. The number of nitrogen functional groups attached to an aromatic ring is 1. The third kappa shape index (κ3) is 2.59. The summed E-state index contributed by atoms with van der Waals surface area (Å²) < 4.78 is 0.836. The van der Waals surface area contributed by atoms with Crippen LogP contribution in [-0.2, 0) is 0 Å². The zero-order valence-electron chi connectivity index (χ0n) is 8.50. The van der Waals surface area contributed by atoms with Crippen LogP contribution in [0.2, 0.25) is 5.02 Å². The second kappa shape index (κ2) is 4.77. The summed E-state index contributed by atoms with van der Waals surface area (Å²) >= 11 is 9.26. The summed E-state index contributed by atoms with van der Waals surface area (Å²) in [7, 11) is 0. The first-order valence-corrected chi connectivity index (χ1v) is 5.80. The van der Waals surface area contributed by atoms with Crippen molar-refractivity contribution in [2.75, 3.05) is 11.1 Å². The number of hydrogen-bond acceptors (Lipinski definition) is 3. The van der Waals surface area contributed by atoms with Crippen LogP contribution in [0.3, 0.4) is 0 Å². The number of nitrogens with one attached hydrogen (secondary N) is 2. The van der Waals surface area contributed by atoms with Crippen LogP contribution in [0.1, 0.15) is 10.4 Å². The van der Waals surface area contributed by atoms with E-state index in [0.29, 0.717) is 10.7 Å². The molecule has 5 nitrogen and oxygen atoms in total. The summed E-state index contributed by atoms with van der Waals surface area (Å²) in [4.78, 5) is 11.8. The number of carbonyl (C=O) groups is 1. The molecule has 0 saturated heterocycles. The van der Waals surface area contributed by atoms with Crippen molar-refractivity contribution in [3.63, 3.8) is 0 Å². The first kappa shape index (κ1) is 11.9. The van der Waals surface area contributed by atoms with E-state index in [0.717, 1.165) is 4.47 Å². The molecule has 1 aromatic heterocycles. The lowest BCUT2D eigenvalue weighted by atomic mass is 10.2. The summed E-state index contributed by atoms with van der Waals surface area (Å²) in [6.07, 6.45) is 1.36. The Kier molecular flexibility index (Phi) is 3.35. The lowest BCUT2D eigenvalue weighted by Gasteiger charge is -2.06. The normalized spacial score (nSPS) is 10.2. The molecular weight excluding hydrogens is 307 g/mol. The quantitative estimate of drug-likeness (QED) is 0.796. The topological polar surface area (TPSA) is 83.8 Å². The fourth-order valence-electron chi connectivity index (χ4n) is 1.26. The van der Waals surface area contributed by atoms with Gasteiger partial charge in [0.2, 0.25) is 0 Å². The summed E-state index contributed by atoms with van der Waals surface area (Å²) in [5.74, 6) is -0.142. The van der Waals surface area contributed by atoms with Crippen LogP contribution in [0.5, 0.6) is 0 Å². The number of benzene rings is 1. The minimum Gasteiger partial charge on any atom is -0.383 e. The summed E-state index contributed by atoms with van der Waals surface area (Å²) in [6, 6.07) is 5.16. The summed E-state index contributed by atoms with van der Waals surface area (Å²) in [6.45, 7) is 0. The Morgan fingerprint density at radius 3 is 2.88 bits per heavy atom. The number of halogens is 2. The molecule has 0 fully saturated rings. The van der Waals surface area contributed by atoms with E-state index in [-0.39, 0.29) is 17.3 Å². The van der Waals surface area contributed by atoms with Gasteiger partial charge in [-0.3, -0.25) is 9.89 Å². The zero-order valence-corrected chi connectivity index (χ0v) is 10.8. The van der Waals surface area contributed by atoms with E-state index in [4.69, 9.17) is 17.3 Å². The lowest BCUT2D eigenvalue weighted by Crippen LogP contribution is -2.13. The van der Waals surface area contributed by atoms with E-state index in [2.05, 4.69) is 31.4 Å². The molecule has 0 aliphatic rings. The molecule has 0 atom stereocenters. The molecule has 1 amide bonds. The molecule has 2 aromatic rings. The minimum atomic E-state index is -0.361. The first-order chi connectivity index (χ1) is 8.08. The average molecular weight is 316 g/mol. The van der Waals surface area contributed by atoms with Crippen molar-refractivity contribution in [3.05, 3.63) is 39.5 Å². The monoisotopic (exact) mass is 314 g/mol. The molecule has 1 heterocycles. The second-order valence-electron chi connectivity index (χ2n) is 3.28. The number of aromatic nitrogens is 2. The highest BCUT2D eigenvalue weighted by atomic mass is 79.9. The fraction of sp³-hybridized carbons (Fsp3) is 0. The number of aromatic amines is 1.